The average Bonchev–Trinajstić information content (AvgIpc) is 2.97. The van der Waals surface area contributed by atoms with Crippen LogP contribution in [0.2, 0.25) is 0 Å². The van der Waals surface area contributed by atoms with E-state index in [4.69, 9.17) is 14.2 Å². The normalized spacial score (nSPS) is 19.0. The molecule has 7 heteroatoms. The van der Waals surface area contributed by atoms with Gasteiger partial charge in [-0.25, -0.2) is 13.1 Å². The molecule has 1 unspecified atom stereocenters. The molecule has 0 aromatic heterocycles. The van der Waals surface area contributed by atoms with Crippen LogP contribution in [-0.2, 0) is 14.8 Å². The number of benzene rings is 1. The summed E-state index contributed by atoms with van der Waals surface area (Å²) in [5, 5.41) is 0. The number of nitrogens with one attached hydrogen (secondary N) is 1. The zero-order chi connectivity index (χ0) is 14.6. The monoisotopic (exact) mass is 301 g/mol. The highest BCUT2D eigenvalue weighted by atomic mass is 32.2. The molecule has 0 radical (unpaired) electrons. The standard InChI is InChI=1S/C13H19NO5S/c1-17-12-4-3-11(7-13(12)18-2)20(15,16)14-8-10-5-6-19-9-10/h3-4,7,10,14H,5-6,8-9H2,1-2H3. The first kappa shape index (κ1) is 15.1. The van der Waals surface area contributed by atoms with Crippen LogP contribution in [0.1, 0.15) is 6.42 Å². The molecule has 0 saturated carbocycles. The van der Waals surface area contributed by atoms with E-state index in [1.54, 1.807) is 6.07 Å². The van der Waals surface area contributed by atoms with Crippen molar-refractivity contribution in [3.05, 3.63) is 18.2 Å². The molecule has 1 aliphatic rings. The number of hydrogen-bond donors (Lipinski definition) is 1. The van der Waals surface area contributed by atoms with Gasteiger partial charge in [0.05, 0.1) is 25.7 Å². The molecule has 1 N–H and O–H groups in total. The Morgan fingerprint density at radius 3 is 2.65 bits per heavy atom. The molecule has 1 aromatic rings. The van der Waals surface area contributed by atoms with Crippen molar-refractivity contribution in [3.63, 3.8) is 0 Å². The fourth-order valence-electron chi connectivity index (χ4n) is 2.04. The van der Waals surface area contributed by atoms with Gasteiger partial charge in [-0.05, 0) is 24.5 Å². The second-order valence-corrected chi connectivity index (χ2v) is 6.37. The predicted octanol–water partition coefficient (Wildman–Crippen LogP) is 1.02. The third-order valence-electron chi connectivity index (χ3n) is 3.25. The Hall–Kier alpha value is -1.31. The molecule has 6 nitrogen and oxygen atoms in total. The summed E-state index contributed by atoms with van der Waals surface area (Å²) in [5.74, 6) is 1.13. The molecule has 0 amide bonds. The van der Waals surface area contributed by atoms with Gasteiger partial charge in [0, 0.05) is 19.2 Å². The number of hydrogen-bond acceptors (Lipinski definition) is 5. The lowest BCUT2D eigenvalue weighted by molar-refractivity contribution is 0.186. The van der Waals surface area contributed by atoms with Crippen LogP contribution in [0.5, 0.6) is 11.5 Å². The Bertz CT molecular complexity index is 552. The molecule has 1 heterocycles. The fourth-order valence-corrected chi connectivity index (χ4v) is 3.17. The van der Waals surface area contributed by atoms with Gasteiger partial charge in [-0.2, -0.15) is 0 Å². The summed E-state index contributed by atoms with van der Waals surface area (Å²) in [5.41, 5.74) is 0. The molecule has 20 heavy (non-hydrogen) atoms. The first-order chi connectivity index (χ1) is 9.56. The van der Waals surface area contributed by atoms with E-state index < -0.39 is 10.0 Å². The molecule has 1 aliphatic heterocycles. The highest BCUT2D eigenvalue weighted by Crippen LogP contribution is 2.29. The van der Waals surface area contributed by atoms with E-state index in [1.807, 2.05) is 0 Å². The molecule has 0 bridgehead atoms. The molecule has 1 fully saturated rings. The smallest absolute Gasteiger partial charge is 0.240 e. The zero-order valence-corrected chi connectivity index (χ0v) is 12.4. The first-order valence-corrected chi connectivity index (χ1v) is 7.84. The van der Waals surface area contributed by atoms with Crippen molar-refractivity contribution in [3.8, 4) is 11.5 Å². The van der Waals surface area contributed by atoms with Crippen molar-refractivity contribution in [1.29, 1.82) is 0 Å². The average molecular weight is 301 g/mol. The third kappa shape index (κ3) is 3.41. The van der Waals surface area contributed by atoms with Crippen molar-refractivity contribution in [2.24, 2.45) is 5.92 Å². The zero-order valence-electron chi connectivity index (χ0n) is 11.6. The number of ether oxygens (including phenoxy) is 3. The first-order valence-electron chi connectivity index (χ1n) is 6.36. The van der Waals surface area contributed by atoms with Crippen LogP contribution in [0.4, 0.5) is 0 Å². The van der Waals surface area contributed by atoms with Gasteiger partial charge in [-0.15, -0.1) is 0 Å². The molecule has 0 aliphatic carbocycles. The van der Waals surface area contributed by atoms with Crippen LogP contribution in [0, 0.1) is 5.92 Å². The summed E-state index contributed by atoms with van der Waals surface area (Å²) in [4.78, 5) is 0.161. The van der Waals surface area contributed by atoms with Crippen LogP contribution < -0.4 is 14.2 Å². The second-order valence-electron chi connectivity index (χ2n) is 4.60. The highest BCUT2D eigenvalue weighted by molar-refractivity contribution is 7.89. The van der Waals surface area contributed by atoms with Gasteiger partial charge in [0.25, 0.3) is 0 Å². The maximum absolute atomic E-state index is 12.2. The number of methoxy groups -OCH3 is 2. The van der Waals surface area contributed by atoms with Gasteiger partial charge in [-0.1, -0.05) is 0 Å². The van der Waals surface area contributed by atoms with Gasteiger partial charge in [0.2, 0.25) is 10.0 Å². The fraction of sp³-hybridized carbons (Fsp3) is 0.538. The van der Waals surface area contributed by atoms with Crippen LogP contribution in [-0.4, -0.2) is 42.4 Å². The Labute approximate surface area is 119 Å². The largest absolute Gasteiger partial charge is 0.493 e. The molecule has 0 spiro atoms. The van der Waals surface area contributed by atoms with E-state index in [0.717, 1.165) is 6.42 Å². The Morgan fingerprint density at radius 1 is 1.30 bits per heavy atom. The predicted molar refractivity (Wildman–Crippen MR) is 73.7 cm³/mol. The number of sulfonamides is 1. The Balaban J connectivity index is 2.11. The number of rotatable bonds is 6. The Morgan fingerprint density at radius 2 is 2.05 bits per heavy atom. The van der Waals surface area contributed by atoms with E-state index in [-0.39, 0.29) is 10.8 Å². The quantitative estimate of drug-likeness (QED) is 0.849. The van der Waals surface area contributed by atoms with Gasteiger partial charge in [0.1, 0.15) is 0 Å². The Kier molecular flexibility index (Phi) is 4.85. The molecule has 1 atom stereocenters. The van der Waals surface area contributed by atoms with E-state index in [9.17, 15) is 8.42 Å². The minimum absolute atomic E-state index is 0.161. The maximum Gasteiger partial charge on any atom is 0.240 e. The van der Waals surface area contributed by atoms with E-state index in [1.165, 1.54) is 26.4 Å². The molecular weight excluding hydrogens is 282 g/mol. The lowest BCUT2D eigenvalue weighted by atomic mass is 10.1. The summed E-state index contributed by atoms with van der Waals surface area (Å²) in [6.07, 6.45) is 0.883. The van der Waals surface area contributed by atoms with Crippen LogP contribution in [0.15, 0.2) is 23.1 Å². The van der Waals surface area contributed by atoms with Crippen LogP contribution >= 0.6 is 0 Å². The van der Waals surface area contributed by atoms with E-state index in [0.29, 0.717) is 31.3 Å². The van der Waals surface area contributed by atoms with Crippen LogP contribution in [0.25, 0.3) is 0 Å². The van der Waals surface area contributed by atoms with Crippen molar-refractivity contribution in [1.82, 2.24) is 4.72 Å². The molecular formula is C13H19NO5S. The maximum atomic E-state index is 12.2. The molecule has 2 rings (SSSR count). The topological polar surface area (TPSA) is 73.9 Å². The SMILES string of the molecule is COc1ccc(S(=O)(=O)NCC2CCOC2)cc1OC. The summed E-state index contributed by atoms with van der Waals surface area (Å²) in [6.45, 7) is 1.69. The van der Waals surface area contributed by atoms with Gasteiger partial charge < -0.3 is 14.2 Å². The lowest BCUT2D eigenvalue weighted by Crippen LogP contribution is -2.29. The minimum atomic E-state index is -3.55. The van der Waals surface area contributed by atoms with E-state index in [2.05, 4.69) is 4.72 Å². The minimum Gasteiger partial charge on any atom is -0.493 e. The van der Waals surface area contributed by atoms with Crippen LogP contribution in [0.3, 0.4) is 0 Å². The van der Waals surface area contributed by atoms with Gasteiger partial charge in [0.15, 0.2) is 11.5 Å². The summed E-state index contributed by atoms with van der Waals surface area (Å²) in [7, 11) is -0.572. The summed E-state index contributed by atoms with van der Waals surface area (Å²) >= 11 is 0. The second kappa shape index (κ2) is 6.43. The molecule has 112 valence electrons. The van der Waals surface area contributed by atoms with Crippen molar-refractivity contribution < 1.29 is 22.6 Å². The van der Waals surface area contributed by atoms with Crippen molar-refractivity contribution in [2.75, 3.05) is 34.0 Å². The van der Waals surface area contributed by atoms with Crippen molar-refractivity contribution in [2.45, 2.75) is 11.3 Å². The summed E-state index contributed by atoms with van der Waals surface area (Å²) < 4.78 is 42.4. The third-order valence-corrected chi connectivity index (χ3v) is 4.67. The van der Waals surface area contributed by atoms with E-state index >= 15 is 0 Å². The van der Waals surface area contributed by atoms with Gasteiger partial charge in [-0.3, -0.25) is 0 Å². The summed E-state index contributed by atoms with van der Waals surface area (Å²) in [6, 6.07) is 4.52. The lowest BCUT2D eigenvalue weighted by Gasteiger charge is -2.12. The van der Waals surface area contributed by atoms with Gasteiger partial charge >= 0.3 is 0 Å². The molecule has 1 aromatic carbocycles. The highest BCUT2D eigenvalue weighted by Gasteiger charge is 2.21. The molecule has 1 saturated heterocycles. The van der Waals surface area contributed by atoms with Crippen molar-refractivity contribution >= 4 is 10.0 Å².